The van der Waals surface area contributed by atoms with E-state index in [1.54, 1.807) is 11.6 Å². The van der Waals surface area contributed by atoms with Crippen LogP contribution in [0.5, 0.6) is 0 Å². The molecule has 2 aromatic rings. The number of fused-ring (bicyclic) bond motifs is 1. The molecule has 0 radical (unpaired) electrons. The Balaban J connectivity index is 2.13. The Morgan fingerprint density at radius 3 is 3.15 bits per heavy atom. The second-order valence-corrected chi connectivity index (χ2v) is 4.77. The van der Waals surface area contributed by atoms with Gasteiger partial charge in [0.1, 0.15) is 17.9 Å². The number of aromatic nitrogens is 3. The van der Waals surface area contributed by atoms with Crippen LogP contribution >= 0.6 is 0 Å². The van der Waals surface area contributed by atoms with Crippen molar-refractivity contribution in [2.45, 2.75) is 24.5 Å². The van der Waals surface area contributed by atoms with Gasteiger partial charge in [0.2, 0.25) is 0 Å². The second kappa shape index (κ2) is 4.74. The molecule has 1 saturated heterocycles. The van der Waals surface area contributed by atoms with Gasteiger partial charge >= 0.3 is 0 Å². The lowest BCUT2D eigenvalue weighted by Crippen LogP contribution is -2.27. The maximum Gasteiger partial charge on any atom is 0.196 e. The summed E-state index contributed by atoms with van der Waals surface area (Å²) in [5, 5.41) is 26.0. The highest BCUT2D eigenvalue weighted by molar-refractivity contribution is 5.68. The van der Waals surface area contributed by atoms with E-state index in [1.807, 2.05) is 12.1 Å². The number of anilines is 1. The summed E-state index contributed by atoms with van der Waals surface area (Å²) >= 11 is 0. The smallest absolute Gasteiger partial charge is 0.196 e. The standard InChI is InChI=1S/C13H15N5O2/c1-15-12-10-2-3-11(18(10)17-8-16-12)13(7-14)5-4-9(6-19)20-13/h2-3,8-9,19H,4-6H2,1H3,(H,15,16,17)/t9?,13-/m0/s1. The van der Waals surface area contributed by atoms with Crippen molar-refractivity contribution in [3.05, 3.63) is 24.2 Å². The van der Waals surface area contributed by atoms with Gasteiger partial charge in [-0.2, -0.15) is 10.4 Å². The molecule has 2 N–H and O–H groups in total. The number of aliphatic hydroxyl groups excluding tert-OH is 1. The monoisotopic (exact) mass is 273 g/mol. The third kappa shape index (κ3) is 1.73. The van der Waals surface area contributed by atoms with E-state index in [0.29, 0.717) is 24.4 Å². The number of nitriles is 1. The largest absolute Gasteiger partial charge is 0.394 e. The lowest BCUT2D eigenvalue weighted by atomic mass is 9.98. The number of nitrogens with zero attached hydrogens (tertiary/aromatic N) is 4. The SMILES string of the molecule is CNc1ncnn2c([C@@]3(C#N)CCC(CO)O3)ccc12. The summed E-state index contributed by atoms with van der Waals surface area (Å²) < 4.78 is 7.43. The van der Waals surface area contributed by atoms with Crippen molar-refractivity contribution in [2.24, 2.45) is 0 Å². The van der Waals surface area contributed by atoms with Gasteiger partial charge in [-0.25, -0.2) is 9.50 Å². The molecule has 0 amide bonds. The summed E-state index contributed by atoms with van der Waals surface area (Å²) in [4.78, 5) is 4.14. The second-order valence-electron chi connectivity index (χ2n) is 4.77. The molecule has 7 heteroatoms. The molecule has 0 saturated carbocycles. The normalized spacial score (nSPS) is 25.8. The molecule has 104 valence electrons. The number of nitrogens with one attached hydrogen (secondary N) is 1. The van der Waals surface area contributed by atoms with Crippen molar-refractivity contribution in [1.82, 2.24) is 14.6 Å². The Labute approximate surface area is 115 Å². The van der Waals surface area contributed by atoms with Crippen molar-refractivity contribution < 1.29 is 9.84 Å². The summed E-state index contributed by atoms with van der Waals surface area (Å²) in [6.45, 7) is -0.0799. The van der Waals surface area contributed by atoms with Gasteiger partial charge in [0.25, 0.3) is 0 Å². The van der Waals surface area contributed by atoms with Gasteiger partial charge < -0.3 is 15.2 Å². The van der Waals surface area contributed by atoms with Gasteiger partial charge in [-0.3, -0.25) is 0 Å². The minimum absolute atomic E-state index is 0.0799. The molecule has 3 rings (SSSR count). The zero-order valence-corrected chi connectivity index (χ0v) is 11.1. The molecule has 1 aliphatic rings. The van der Waals surface area contributed by atoms with Crippen LogP contribution < -0.4 is 5.32 Å². The average Bonchev–Trinajstić information content (AvgIpc) is 3.11. The highest BCUT2D eigenvalue weighted by atomic mass is 16.5. The Morgan fingerprint density at radius 2 is 2.50 bits per heavy atom. The summed E-state index contributed by atoms with van der Waals surface area (Å²) in [6.07, 6.45) is 2.33. The maximum absolute atomic E-state index is 9.56. The molecule has 2 atom stereocenters. The van der Waals surface area contributed by atoms with Crippen molar-refractivity contribution in [3.8, 4) is 6.07 Å². The van der Waals surface area contributed by atoms with Gasteiger partial charge in [0, 0.05) is 7.05 Å². The van der Waals surface area contributed by atoms with Crippen LogP contribution in [0.2, 0.25) is 0 Å². The lowest BCUT2D eigenvalue weighted by molar-refractivity contribution is -0.0324. The Hall–Kier alpha value is -2.17. The van der Waals surface area contributed by atoms with Gasteiger partial charge in [0.05, 0.1) is 18.4 Å². The molecule has 7 nitrogen and oxygen atoms in total. The van der Waals surface area contributed by atoms with Crippen LogP contribution in [0.25, 0.3) is 5.52 Å². The van der Waals surface area contributed by atoms with Crippen LogP contribution in [-0.2, 0) is 10.3 Å². The lowest BCUT2D eigenvalue weighted by Gasteiger charge is -2.21. The van der Waals surface area contributed by atoms with E-state index in [9.17, 15) is 10.4 Å². The first kappa shape index (κ1) is 12.8. The van der Waals surface area contributed by atoms with Crippen molar-refractivity contribution in [1.29, 1.82) is 5.26 Å². The third-order valence-electron chi connectivity index (χ3n) is 3.67. The topological polar surface area (TPSA) is 95.5 Å². The predicted molar refractivity (Wildman–Crippen MR) is 71.0 cm³/mol. The molecule has 0 bridgehead atoms. The van der Waals surface area contributed by atoms with E-state index in [2.05, 4.69) is 21.5 Å². The van der Waals surface area contributed by atoms with Gasteiger partial charge in [0.15, 0.2) is 11.4 Å². The number of aliphatic hydroxyl groups is 1. The molecule has 20 heavy (non-hydrogen) atoms. The highest BCUT2D eigenvalue weighted by Crippen LogP contribution is 2.39. The molecular weight excluding hydrogens is 258 g/mol. The Morgan fingerprint density at radius 1 is 1.65 bits per heavy atom. The maximum atomic E-state index is 9.56. The van der Waals surface area contributed by atoms with E-state index in [0.717, 1.165) is 5.52 Å². The molecule has 0 spiro atoms. The van der Waals surface area contributed by atoms with Gasteiger partial charge in [-0.05, 0) is 25.0 Å². The third-order valence-corrected chi connectivity index (χ3v) is 3.67. The molecule has 2 aromatic heterocycles. The molecule has 0 aromatic carbocycles. The van der Waals surface area contributed by atoms with E-state index in [-0.39, 0.29) is 12.7 Å². The van der Waals surface area contributed by atoms with Gasteiger partial charge in [-0.15, -0.1) is 0 Å². The molecule has 0 aliphatic carbocycles. The van der Waals surface area contributed by atoms with Crippen molar-refractivity contribution in [3.63, 3.8) is 0 Å². The summed E-state index contributed by atoms with van der Waals surface area (Å²) in [7, 11) is 1.78. The fraction of sp³-hybridized carbons (Fsp3) is 0.462. The van der Waals surface area contributed by atoms with Crippen molar-refractivity contribution >= 4 is 11.3 Å². The van der Waals surface area contributed by atoms with Crippen LogP contribution in [0.15, 0.2) is 18.5 Å². The Bertz CT molecular complexity index is 677. The van der Waals surface area contributed by atoms with Crippen LogP contribution in [0.1, 0.15) is 18.5 Å². The van der Waals surface area contributed by atoms with E-state index < -0.39 is 5.60 Å². The fourth-order valence-corrected chi connectivity index (χ4v) is 2.66. The van der Waals surface area contributed by atoms with Crippen LogP contribution in [0.3, 0.4) is 0 Å². The highest BCUT2D eigenvalue weighted by Gasteiger charge is 2.44. The summed E-state index contributed by atoms with van der Waals surface area (Å²) in [5.74, 6) is 0.691. The zero-order chi connectivity index (χ0) is 14.2. The number of rotatable bonds is 3. The van der Waals surface area contributed by atoms with Crippen LogP contribution in [0, 0.1) is 11.3 Å². The van der Waals surface area contributed by atoms with E-state index >= 15 is 0 Å². The molecule has 1 aliphatic heterocycles. The van der Waals surface area contributed by atoms with Crippen LogP contribution in [-0.4, -0.2) is 39.5 Å². The molecule has 1 fully saturated rings. The minimum Gasteiger partial charge on any atom is -0.394 e. The first-order valence-electron chi connectivity index (χ1n) is 6.45. The zero-order valence-electron chi connectivity index (χ0n) is 11.1. The number of ether oxygens (including phenoxy) is 1. The van der Waals surface area contributed by atoms with E-state index in [4.69, 9.17) is 4.74 Å². The Kier molecular flexibility index (Phi) is 3.04. The van der Waals surface area contributed by atoms with Gasteiger partial charge in [-0.1, -0.05) is 0 Å². The quantitative estimate of drug-likeness (QED) is 0.853. The van der Waals surface area contributed by atoms with Crippen molar-refractivity contribution in [2.75, 3.05) is 19.0 Å². The minimum atomic E-state index is -1.06. The van der Waals surface area contributed by atoms with Crippen LogP contribution in [0.4, 0.5) is 5.82 Å². The number of hydrogen-bond acceptors (Lipinski definition) is 6. The fourth-order valence-electron chi connectivity index (χ4n) is 2.66. The molecular formula is C13H15N5O2. The first-order valence-corrected chi connectivity index (χ1v) is 6.45. The predicted octanol–water partition coefficient (Wildman–Crippen LogP) is 0.661. The molecule has 3 heterocycles. The summed E-state index contributed by atoms with van der Waals surface area (Å²) in [5.41, 5.74) is 0.402. The first-order chi connectivity index (χ1) is 9.74. The number of hydrogen-bond donors (Lipinski definition) is 2. The molecule has 1 unspecified atom stereocenters. The average molecular weight is 273 g/mol. The summed E-state index contributed by atoms with van der Waals surface area (Å²) in [6, 6.07) is 5.92. The van der Waals surface area contributed by atoms with E-state index in [1.165, 1.54) is 6.33 Å².